The van der Waals surface area contributed by atoms with E-state index >= 15 is 0 Å². The summed E-state index contributed by atoms with van der Waals surface area (Å²) in [5.41, 5.74) is 5.05. The van der Waals surface area contributed by atoms with E-state index in [0.29, 0.717) is 0 Å². The molecule has 0 aliphatic heterocycles. The third kappa shape index (κ3) is 9.27. The molecule has 0 spiro atoms. The van der Waals surface area contributed by atoms with Crippen LogP contribution in [0.4, 0.5) is 0 Å². The zero-order chi connectivity index (χ0) is 8.53. The Kier molecular flexibility index (Phi) is 6.89. The summed E-state index contributed by atoms with van der Waals surface area (Å²) >= 11 is 0. The summed E-state index contributed by atoms with van der Waals surface area (Å²) in [5.74, 6) is -0.0412. The zero-order valence-corrected chi connectivity index (χ0v) is 7.27. The van der Waals surface area contributed by atoms with Gasteiger partial charge in [0.05, 0.1) is 0 Å². The van der Waals surface area contributed by atoms with Gasteiger partial charge in [0.2, 0.25) is 5.96 Å². The largest absolute Gasteiger partial charge is 0.369 e. The van der Waals surface area contributed by atoms with E-state index in [4.69, 9.17) is 11.1 Å². The molecule has 0 fully saturated rings. The van der Waals surface area contributed by atoms with E-state index in [0.717, 1.165) is 13.0 Å². The average molecular weight is 156 g/mol. The van der Waals surface area contributed by atoms with Crippen LogP contribution in [0, 0.1) is 5.41 Å². The highest BCUT2D eigenvalue weighted by Gasteiger charge is 1.90. The van der Waals surface area contributed by atoms with Crippen molar-refractivity contribution in [3.05, 3.63) is 0 Å². The van der Waals surface area contributed by atoms with E-state index in [1.807, 2.05) is 0 Å². The summed E-state index contributed by atoms with van der Waals surface area (Å²) in [6.45, 7) is 2.92. The van der Waals surface area contributed by atoms with E-state index in [9.17, 15) is 0 Å². The van der Waals surface area contributed by atoms with Crippen LogP contribution in [0.1, 0.15) is 39.0 Å². The van der Waals surface area contributed by atoms with Gasteiger partial charge in [0.15, 0.2) is 0 Å². The van der Waals surface area contributed by atoms with Crippen molar-refractivity contribution in [3.8, 4) is 0 Å². The second kappa shape index (κ2) is 7.38. The highest BCUT2D eigenvalue weighted by molar-refractivity contribution is 5.73. The molecule has 0 atom stereocenters. The van der Waals surface area contributed by atoms with Gasteiger partial charge in [-0.1, -0.05) is 32.6 Å². The maximum atomic E-state index is 6.82. The van der Waals surface area contributed by atoms with Crippen molar-refractivity contribution in [1.29, 1.82) is 5.41 Å². The van der Waals surface area contributed by atoms with Crippen molar-refractivity contribution < 1.29 is 0 Å². The second-order valence-corrected chi connectivity index (χ2v) is 2.68. The second-order valence-electron chi connectivity index (χ2n) is 2.68. The Morgan fingerprint density at radius 3 is 2.45 bits per heavy atom. The molecule has 1 radical (unpaired) electrons. The predicted octanol–water partition coefficient (Wildman–Crippen LogP) is 1.45. The van der Waals surface area contributed by atoms with Crippen molar-refractivity contribution in [2.24, 2.45) is 5.73 Å². The molecule has 0 saturated carbocycles. The van der Waals surface area contributed by atoms with Crippen LogP contribution >= 0.6 is 0 Å². The molecule has 3 N–H and O–H groups in total. The molecule has 65 valence electrons. The molecule has 0 unspecified atom stereocenters. The first kappa shape index (κ1) is 10.3. The molecule has 0 aromatic rings. The SMILES string of the molecule is CCCCCCC[N]C(=N)N. The van der Waals surface area contributed by atoms with Crippen molar-refractivity contribution in [2.45, 2.75) is 39.0 Å². The summed E-state index contributed by atoms with van der Waals surface area (Å²) in [7, 11) is 0. The van der Waals surface area contributed by atoms with Gasteiger partial charge in [-0.3, -0.25) is 10.7 Å². The maximum absolute atomic E-state index is 6.82. The number of hydrogen-bond donors (Lipinski definition) is 2. The van der Waals surface area contributed by atoms with E-state index in [1.165, 1.54) is 25.7 Å². The van der Waals surface area contributed by atoms with Crippen molar-refractivity contribution in [3.63, 3.8) is 0 Å². The summed E-state index contributed by atoms with van der Waals surface area (Å²) in [4.78, 5) is 0. The number of rotatable bonds is 6. The Hall–Kier alpha value is -0.730. The molecule has 0 aliphatic rings. The van der Waals surface area contributed by atoms with Crippen molar-refractivity contribution in [2.75, 3.05) is 6.54 Å². The van der Waals surface area contributed by atoms with E-state index in [2.05, 4.69) is 12.2 Å². The number of nitrogens with zero attached hydrogens (tertiary/aromatic N) is 1. The molecular weight excluding hydrogens is 138 g/mol. The van der Waals surface area contributed by atoms with Gasteiger partial charge < -0.3 is 5.73 Å². The summed E-state index contributed by atoms with van der Waals surface area (Å²) in [6.07, 6.45) is 6.14. The maximum Gasteiger partial charge on any atom is 0.207 e. The fourth-order valence-corrected chi connectivity index (χ4v) is 0.915. The van der Waals surface area contributed by atoms with Crippen molar-refractivity contribution >= 4 is 5.96 Å². The minimum absolute atomic E-state index is 0.0412. The molecular formula is C8H18N3. The topological polar surface area (TPSA) is 64.0 Å². The van der Waals surface area contributed by atoms with Crippen molar-refractivity contribution in [1.82, 2.24) is 5.32 Å². The molecule has 0 amide bonds. The van der Waals surface area contributed by atoms with Gasteiger partial charge in [-0.25, -0.2) is 0 Å². The Labute approximate surface area is 68.9 Å². The van der Waals surface area contributed by atoms with Crippen LogP contribution in [0.5, 0.6) is 0 Å². The van der Waals surface area contributed by atoms with E-state index in [-0.39, 0.29) is 5.96 Å². The number of unbranched alkanes of at least 4 members (excludes halogenated alkanes) is 4. The average Bonchev–Trinajstić information content (AvgIpc) is 1.96. The van der Waals surface area contributed by atoms with Crippen LogP contribution < -0.4 is 11.1 Å². The predicted molar refractivity (Wildman–Crippen MR) is 47.7 cm³/mol. The molecule has 0 saturated heterocycles. The van der Waals surface area contributed by atoms with Gasteiger partial charge in [0.25, 0.3) is 0 Å². The lowest BCUT2D eigenvalue weighted by Crippen LogP contribution is -2.24. The minimum atomic E-state index is -0.0412. The van der Waals surface area contributed by atoms with Gasteiger partial charge in [0, 0.05) is 6.54 Å². The smallest absolute Gasteiger partial charge is 0.207 e. The number of guanidine groups is 1. The lowest BCUT2D eigenvalue weighted by atomic mass is 10.1. The Balaban J connectivity index is 2.85. The Bertz CT molecular complexity index is 102. The fourth-order valence-electron chi connectivity index (χ4n) is 0.915. The number of nitrogens with two attached hydrogens (primary N) is 1. The van der Waals surface area contributed by atoms with Gasteiger partial charge in [0.1, 0.15) is 0 Å². The van der Waals surface area contributed by atoms with Crippen LogP contribution in [-0.4, -0.2) is 12.5 Å². The molecule has 0 aromatic carbocycles. The van der Waals surface area contributed by atoms with Crippen LogP contribution in [0.25, 0.3) is 0 Å². The zero-order valence-electron chi connectivity index (χ0n) is 7.27. The molecule has 0 aliphatic carbocycles. The first-order chi connectivity index (χ1) is 5.27. The third-order valence-electron chi connectivity index (χ3n) is 1.54. The summed E-state index contributed by atoms with van der Waals surface area (Å²) < 4.78 is 0. The molecule has 0 heterocycles. The monoisotopic (exact) mass is 156 g/mol. The Morgan fingerprint density at radius 2 is 1.91 bits per heavy atom. The lowest BCUT2D eigenvalue weighted by molar-refractivity contribution is 0.620. The quantitative estimate of drug-likeness (QED) is 0.341. The molecule has 11 heavy (non-hydrogen) atoms. The standard InChI is InChI=1S/C8H18N3/c1-2-3-4-5-6-7-11-8(9)10/h2-7H2,1H3,(H3,9,10). The molecule has 3 nitrogen and oxygen atoms in total. The van der Waals surface area contributed by atoms with E-state index in [1.54, 1.807) is 0 Å². The highest BCUT2D eigenvalue weighted by atomic mass is 15.0. The van der Waals surface area contributed by atoms with Gasteiger partial charge in [-0.2, -0.15) is 0 Å². The fraction of sp³-hybridized carbons (Fsp3) is 0.875. The van der Waals surface area contributed by atoms with Crippen LogP contribution in [0.2, 0.25) is 0 Å². The van der Waals surface area contributed by atoms with Crippen LogP contribution in [0.15, 0.2) is 0 Å². The normalized spacial score (nSPS) is 9.55. The molecule has 0 aromatic heterocycles. The Morgan fingerprint density at radius 1 is 1.27 bits per heavy atom. The van der Waals surface area contributed by atoms with Crippen LogP contribution in [-0.2, 0) is 0 Å². The summed E-state index contributed by atoms with van der Waals surface area (Å²) in [5, 5.41) is 10.6. The summed E-state index contributed by atoms with van der Waals surface area (Å²) in [6, 6.07) is 0. The third-order valence-corrected chi connectivity index (χ3v) is 1.54. The first-order valence-corrected chi connectivity index (χ1v) is 4.29. The minimum Gasteiger partial charge on any atom is -0.369 e. The number of hydrogen-bond acceptors (Lipinski definition) is 1. The highest BCUT2D eigenvalue weighted by Crippen LogP contribution is 2.00. The first-order valence-electron chi connectivity index (χ1n) is 4.29. The molecule has 0 rings (SSSR count). The van der Waals surface area contributed by atoms with Gasteiger partial charge >= 0.3 is 0 Å². The number of nitrogens with one attached hydrogen (secondary N) is 1. The van der Waals surface area contributed by atoms with Crippen LogP contribution in [0.3, 0.4) is 0 Å². The van der Waals surface area contributed by atoms with Gasteiger partial charge in [-0.15, -0.1) is 0 Å². The lowest BCUT2D eigenvalue weighted by Gasteiger charge is -1.99. The van der Waals surface area contributed by atoms with Gasteiger partial charge in [-0.05, 0) is 6.42 Å². The molecule has 0 bridgehead atoms. The van der Waals surface area contributed by atoms with E-state index < -0.39 is 0 Å². The molecule has 3 heteroatoms.